The van der Waals surface area contributed by atoms with E-state index in [1.165, 1.54) is 50.8 Å². The van der Waals surface area contributed by atoms with Crippen LogP contribution >= 0.6 is 24.0 Å². The van der Waals surface area contributed by atoms with Crippen molar-refractivity contribution in [3.63, 3.8) is 0 Å². The van der Waals surface area contributed by atoms with Gasteiger partial charge in [0.05, 0.1) is 0 Å². The normalized spacial score (nSPS) is 22.2. The summed E-state index contributed by atoms with van der Waals surface area (Å²) in [6.45, 7) is 10.4. The predicted octanol–water partition coefficient (Wildman–Crippen LogP) is 4.25. The lowest BCUT2D eigenvalue weighted by atomic mass is 9.90. The van der Waals surface area contributed by atoms with Crippen molar-refractivity contribution in [3.05, 3.63) is 35.9 Å². The van der Waals surface area contributed by atoms with Gasteiger partial charge >= 0.3 is 0 Å². The fraction of sp³-hybridized carbons (Fsp3) is 0.696. The molecule has 1 N–H and O–H groups in total. The number of halogens is 1. The fourth-order valence-electron chi connectivity index (χ4n) is 4.60. The predicted molar refractivity (Wildman–Crippen MR) is 131 cm³/mol. The number of aliphatic imine (C=N–C) groups is 1. The lowest BCUT2D eigenvalue weighted by molar-refractivity contribution is 0.140. The highest BCUT2D eigenvalue weighted by molar-refractivity contribution is 14.0. The SMILES string of the molecule is CN=C(NCC1CCCN(C(C)C)C1)N1CCC(Cc2ccccc2)CC1.I. The summed E-state index contributed by atoms with van der Waals surface area (Å²) in [5.41, 5.74) is 1.48. The molecular weight excluding hydrogens is 459 g/mol. The van der Waals surface area contributed by atoms with Gasteiger partial charge < -0.3 is 15.1 Å². The van der Waals surface area contributed by atoms with Crippen molar-refractivity contribution < 1.29 is 0 Å². The Morgan fingerprint density at radius 1 is 1.07 bits per heavy atom. The molecule has 0 saturated carbocycles. The summed E-state index contributed by atoms with van der Waals surface area (Å²) in [5, 5.41) is 3.68. The molecule has 2 fully saturated rings. The molecule has 3 rings (SSSR count). The Morgan fingerprint density at radius 2 is 1.79 bits per heavy atom. The van der Waals surface area contributed by atoms with Gasteiger partial charge in [-0.05, 0) is 69.9 Å². The smallest absolute Gasteiger partial charge is 0.193 e. The Kier molecular flexibility index (Phi) is 10.1. The van der Waals surface area contributed by atoms with Gasteiger partial charge in [-0.2, -0.15) is 0 Å². The third kappa shape index (κ3) is 6.90. The van der Waals surface area contributed by atoms with Gasteiger partial charge in [0, 0.05) is 39.3 Å². The average Bonchev–Trinajstić information content (AvgIpc) is 2.70. The molecule has 1 aromatic rings. The molecule has 0 aromatic heterocycles. The molecule has 2 heterocycles. The van der Waals surface area contributed by atoms with Gasteiger partial charge in [0.15, 0.2) is 5.96 Å². The summed E-state index contributed by atoms with van der Waals surface area (Å²) in [7, 11) is 1.93. The molecule has 0 spiro atoms. The van der Waals surface area contributed by atoms with Crippen molar-refractivity contribution in [1.82, 2.24) is 15.1 Å². The number of nitrogens with one attached hydrogen (secondary N) is 1. The minimum absolute atomic E-state index is 0. The molecule has 1 atom stereocenters. The average molecular weight is 498 g/mol. The molecule has 0 radical (unpaired) electrons. The van der Waals surface area contributed by atoms with Crippen LogP contribution in [0.5, 0.6) is 0 Å². The van der Waals surface area contributed by atoms with Crippen LogP contribution < -0.4 is 5.32 Å². The number of hydrogen-bond donors (Lipinski definition) is 1. The molecule has 2 saturated heterocycles. The Hall–Kier alpha value is -0.820. The quantitative estimate of drug-likeness (QED) is 0.374. The van der Waals surface area contributed by atoms with E-state index in [0.717, 1.165) is 37.4 Å². The number of hydrogen-bond acceptors (Lipinski definition) is 2. The van der Waals surface area contributed by atoms with Crippen molar-refractivity contribution in [1.29, 1.82) is 0 Å². The maximum Gasteiger partial charge on any atom is 0.193 e. The molecule has 28 heavy (non-hydrogen) atoms. The highest BCUT2D eigenvalue weighted by Gasteiger charge is 2.24. The minimum atomic E-state index is 0. The van der Waals surface area contributed by atoms with E-state index >= 15 is 0 Å². The second kappa shape index (κ2) is 12.0. The molecule has 4 nitrogen and oxygen atoms in total. The summed E-state index contributed by atoms with van der Waals surface area (Å²) in [4.78, 5) is 9.66. The summed E-state index contributed by atoms with van der Waals surface area (Å²) in [6, 6.07) is 11.6. The molecule has 0 amide bonds. The lowest BCUT2D eigenvalue weighted by Gasteiger charge is -2.37. The van der Waals surface area contributed by atoms with E-state index in [4.69, 9.17) is 0 Å². The van der Waals surface area contributed by atoms with E-state index in [9.17, 15) is 0 Å². The van der Waals surface area contributed by atoms with E-state index in [1.807, 2.05) is 7.05 Å². The first kappa shape index (κ1) is 23.5. The fourth-order valence-corrected chi connectivity index (χ4v) is 4.60. The Labute approximate surface area is 189 Å². The minimum Gasteiger partial charge on any atom is -0.356 e. The van der Waals surface area contributed by atoms with Crippen molar-refractivity contribution in [2.75, 3.05) is 39.8 Å². The Morgan fingerprint density at radius 3 is 2.43 bits per heavy atom. The second-order valence-corrected chi connectivity index (χ2v) is 8.65. The molecule has 1 aromatic carbocycles. The molecule has 0 aliphatic carbocycles. The van der Waals surface area contributed by atoms with Gasteiger partial charge in [0.2, 0.25) is 0 Å². The molecule has 0 bridgehead atoms. The second-order valence-electron chi connectivity index (χ2n) is 8.65. The first-order valence-corrected chi connectivity index (χ1v) is 10.9. The van der Waals surface area contributed by atoms with Gasteiger partial charge in [0.1, 0.15) is 0 Å². The third-order valence-corrected chi connectivity index (χ3v) is 6.32. The van der Waals surface area contributed by atoms with E-state index < -0.39 is 0 Å². The van der Waals surface area contributed by atoms with Crippen molar-refractivity contribution in [2.45, 2.75) is 52.0 Å². The zero-order chi connectivity index (χ0) is 19.1. The van der Waals surface area contributed by atoms with Crippen molar-refractivity contribution >= 4 is 29.9 Å². The number of likely N-dealkylation sites (tertiary alicyclic amines) is 2. The number of nitrogens with zero attached hydrogens (tertiary/aromatic N) is 3. The first-order chi connectivity index (χ1) is 13.2. The van der Waals surface area contributed by atoms with Gasteiger partial charge in [-0.15, -0.1) is 24.0 Å². The van der Waals surface area contributed by atoms with Crippen LogP contribution in [0, 0.1) is 11.8 Å². The summed E-state index contributed by atoms with van der Waals surface area (Å²) in [6.07, 6.45) is 6.41. The number of piperidine rings is 2. The van der Waals surface area contributed by atoms with E-state index in [-0.39, 0.29) is 24.0 Å². The van der Waals surface area contributed by atoms with E-state index in [1.54, 1.807) is 0 Å². The zero-order valence-electron chi connectivity index (χ0n) is 17.9. The van der Waals surface area contributed by atoms with E-state index in [0.29, 0.717) is 6.04 Å². The van der Waals surface area contributed by atoms with Gasteiger partial charge in [-0.3, -0.25) is 4.99 Å². The molecule has 5 heteroatoms. The maximum absolute atomic E-state index is 4.58. The monoisotopic (exact) mass is 498 g/mol. The first-order valence-electron chi connectivity index (χ1n) is 10.9. The van der Waals surface area contributed by atoms with Crippen LogP contribution in [0.1, 0.15) is 45.1 Å². The van der Waals surface area contributed by atoms with E-state index in [2.05, 4.69) is 64.3 Å². The summed E-state index contributed by atoms with van der Waals surface area (Å²) < 4.78 is 0. The van der Waals surface area contributed by atoms with Crippen molar-refractivity contribution in [2.24, 2.45) is 16.8 Å². The Bertz CT molecular complexity index is 582. The van der Waals surface area contributed by atoms with Crippen LogP contribution in [-0.2, 0) is 6.42 Å². The van der Waals surface area contributed by atoms with Crippen LogP contribution in [-0.4, -0.2) is 61.6 Å². The molecule has 158 valence electrons. The van der Waals surface area contributed by atoms with Crippen LogP contribution in [0.15, 0.2) is 35.3 Å². The molecular formula is C23H39IN4. The standard InChI is InChI=1S/C23H38N4.HI/c1-19(2)27-13-7-10-22(18-27)17-25-23(24-3)26-14-11-21(12-15-26)16-20-8-5-4-6-9-20;/h4-6,8-9,19,21-22H,7,10-18H2,1-3H3,(H,24,25);1H. The van der Waals surface area contributed by atoms with Crippen molar-refractivity contribution in [3.8, 4) is 0 Å². The molecule has 2 aliphatic heterocycles. The Balaban J connectivity index is 0.00000280. The zero-order valence-corrected chi connectivity index (χ0v) is 20.3. The highest BCUT2D eigenvalue weighted by atomic mass is 127. The lowest BCUT2D eigenvalue weighted by Crippen LogP contribution is -2.49. The number of guanidine groups is 1. The molecule has 1 unspecified atom stereocenters. The van der Waals surface area contributed by atoms with Gasteiger partial charge in [-0.25, -0.2) is 0 Å². The van der Waals surface area contributed by atoms with Gasteiger partial charge in [-0.1, -0.05) is 30.3 Å². The number of benzene rings is 1. The largest absolute Gasteiger partial charge is 0.356 e. The summed E-state index contributed by atoms with van der Waals surface area (Å²) in [5.74, 6) is 2.66. The topological polar surface area (TPSA) is 30.9 Å². The van der Waals surface area contributed by atoms with Crippen LogP contribution in [0.2, 0.25) is 0 Å². The van der Waals surface area contributed by atoms with Crippen LogP contribution in [0.25, 0.3) is 0 Å². The third-order valence-electron chi connectivity index (χ3n) is 6.32. The van der Waals surface area contributed by atoms with Crippen LogP contribution in [0.3, 0.4) is 0 Å². The maximum atomic E-state index is 4.58. The molecule has 2 aliphatic rings. The van der Waals surface area contributed by atoms with Crippen LogP contribution in [0.4, 0.5) is 0 Å². The van der Waals surface area contributed by atoms with Gasteiger partial charge in [0.25, 0.3) is 0 Å². The highest BCUT2D eigenvalue weighted by Crippen LogP contribution is 2.22. The number of rotatable bonds is 5. The summed E-state index contributed by atoms with van der Waals surface area (Å²) >= 11 is 0.